The standard InChI is InChI=1S/C21H30N2O4/c1-13-2-17(27-23-13)4-16-10-26-11-18(16)22-19(24)9-20-5-14-3-15(6-20)8-21(25,7-14)12-20/h2,14-16,18,25H,3-12H2,1H3,(H,22,24)/t14-,15-,16-,18+,20?,21?/m1/s1. The van der Waals surface area contributed by atoms with E-state index in [4.69, 9.17) is 9.26 Å². The summed E-state index contributed by atoms with van der Waals surface area (Å²) in [6, 6.07) is 1.98. The summed E-state index contributed by atoms with van der Waals surface area (Å²) < 4.78 is 11.0. The van der Waals surface area contributed by atoms with Crippen molar-refractivity contribution in [2.75, 3.05) is 13.2 Å². The van der Waals surface area contributed by atoms with Crippen LogP contribution in [-0.4, -0.2) is 41.0 Å². The Kier molecular flexibility index (Phi) is 4.13. The molecule has 5 fully saturated rings. The van der Waals surface area contributed by atoms with Crippen LogP contribution in [0, 0.1) is 30.1 Å². The number of carbonyl (C=O) groups is 1. The van der Waals surface area contributed by atoms with Gasteiger partial charge in [-0.1, -0.05) is 5.16 Å². The molecule has 6 nitrogen and oxygen atoms in total. The van der Waals surface area contributed by atoms with E-state index in [1.165, 1.54) is 6.42 Å². The normalized spacial score (nSPS) is 42.6. The molecule has 0 unspecified atom stereocenters. The molecule has 0 aromatic carbocycles. The maximum Gasteiger partial charge on any atom is 0.220 e. The van der Waals surface area contributed by atoms with E-state index >= 15 is 0 Å². The zero-order valence-corrected chi connectivity index (χ0v) is 16.1. The topological polar surface area (TPSA) is 84.6 Å². The van der Waals surface area contributed by atoms with E-state index in [-0.39, 0.29) is 23.3 Å². The fourth-order valence-electron chi connectivity index (χ4n) is 6.94. The Hall–Kier alpha value is -1.40. The second-order valence-corrected chi connectivity index (χ2v) is 9.97. The molecule has 0 radical (unpaired) electrons. The first-order chi connectivity index (χ1) is 12.9. The summed E-state index contributed by atoms with van der Waals surface area (Å²) >= 11 is 0. The van der Waals surface area contributed by atoms with Crippen LogP contribution in [0.3, 0.4) is 0 Å². The van der Waals surface area contributed by atoms with Crippen LogP contribution in [0.4, 0.5) is 0 Å². The molecule has 0 spiro atoms. The Bertz CT molecular complexity index is 716. The van der Waals surface area contributed by atoms with Crippen molar-refractivity contribution in [3.05, 3.63) is 17.5 Å². The molecule has 27 heavy (non-hydrogen) atoms. The average molecular weight is 374 g/mol. The quantitative estimate of drug-likeness (QED) is 0.827. The fourth-order valence-corrected chi connectivity index (χ4v) is 6.94. The van der Waals surface area contributed by atoms with E-state index in [1.807, 2.05) is 13.0 Å². The molecule has 1 aliphatic heterocycles. The SMILES string of the molecule is Cc1cc(C[C@@H]2COC[C@@H]2NC(=O)CC23C[C@H]4C[C@@H](CC(O)(C4)C2)C3)on1. The van der Waals surface area contributed by atoms with Gasteiger partial charge in [-0.3, -0.25) is 4.79 Å². The summed E-state index contributed by atoms with van der Waals surface area (Å²) in [6.45, 7) is 3.11. The van der Waals surface area contributed by atoms with Crippen molar-refractivity contribution in [2.24, 2.45) is 23.2 Å². The molecular formula is C21H30N2O4. The van der Waals surface area contributed by atoms with Gasteiger partial charge >= 0.3 is 0 Å². The number of nitrogens with zero attached hydrogens (tertiary/aromatic N) is 1. The maximum atomic E-state index is 12.9. The number of amides is 1. The van der Waals surface area contributed by atoms with Gasteiger partial charge < -0.3 is 19.7 Å². The van der Waals surface area contributed by atoms with Crippen molar-refractivity contribution in [2.45, 2.75) is 69.9 Å². The van der Waals surface area contributed by atoms with Gasteiger partial charge in [0.15, 0.2) is 0 Å². The minimum atomic E-state index is -0.506. The number of hydrogen-bond acceptors (Lipinski definition) is 5. The number of rotatable bonds is 5. The largest absolute Gasteiger partial charge is 0.390 e. The first-order valence-electron chi connectivity index (χ1n) is 10.4. The highest BCUT2D eigenvalue weighted by molar-refractivity contribution is 5.77. The summed E-state index contributed by atoms with van der Waals surface area (Å²) in [7, 11) is 0. The van der Waals surface area contributed by atoms with Gasteiger partial charge in [0, 0.05) is 24.8 Å². The number of ether oxygens (including phenoxy) is 1. The lowest BCUT2D eigenvalue weighted by Crippen LogP contribution is -2.57. The molecule has 1 saturated heterocycles. The molecule has 4 atom stereocenters. The Balaban J connectivity index is 1.22. The number of carbonyl (C=O) groups excluding carboxylic acids is 1. The van der Waals surface area contributed by atoms with Gasteiger partial charge in [0.1, 0.15) is 5.76 Å². The first-order valence-corrected chi connectivity index (χ1v) is 10.4. The van der Waals surface area contributed by atoms with Crippen LogP contribution in [0.1, 0.15) is 56.4 Å². The van der Waals surface area contributed by atoms with E-state index in [0.29, 0.717) is 31.5 Å². The van der Waals surface area contributed by atoms with Crippen molar-refractivity contribution in [1.29, 1.82) is 0 Å². The molecular weight excluding hydrogens is 344 g/mol. The summed E-state index contributed by atoms with van der Waals surface area (Å²) in [5.41, 5.74) is 0.386. The van der Waals surface area contributed by atoms with Crippen molar-refractivity contribution in [3.63, 3.8) is 0 Å². The zero-order valence-electron chi connectivity index (χ0n) is 16.1. The highest BCUT2D eigenvalue weighted by Crippen LogP contribution is 2.62. The highest BCUT2D eigenvalue weighted by atomic mass is 16.5. The lowest BCUT2D eigenvalue weighted by molar-refractivity contribution is -0.169. The van der Waals surface area contributed by atoms with E-state index in [2.05, 4.69) is 10.5 Å². The van der Waals surface area contributed by atoms with Gasteiger partial charge in [-0.2, -0.15) is 0 Å². The number of aliphatic hydroxyl groups is 1. The van der Waals surface area contributed by atoms with Gasteiger partial charge in [-0.05, 0) is 62.7 Å². The summed E-state index contributed by atoms with van der Waals surface area (Å²) in [5.74, 6) is 2.42. The maximum absolute atomic E-state index is 12.9. The number of hydrogen-bond donors (Lipinski definition) is 2. The van der Waals surface area contributed by atoms with E-state index in [1.54, 1.807) is 0 Å². The van der Waals surface area contributed by atoms with Gasteiger partial charge in [0.2, 0.25) is 5.91 Å². The van der Waals surface area contributed by atoms with Crippen LogP contribution in [0.15, 0.2) is 10.6 Å². The van der Waals surface area contributed by atoms with Crippen LogP contribution in [0.5, 0.6) is 0 Å². The minimum absolute atomic E-state index is 0.0138. The zero-order chi connectivity index (χ0) is 18.6. The molecule has 148 valence electrons. The third kappa shape index (κ3) is 3.42. The average Bonchev–Trinajstić information content (AvgIpc) is 3.14. The first kappa shape index (κ1) is 17.7. The van der Waals surface area contributed by atoms with E-state index in [0.717, 1.165) is 50.0 Å². The Morgan fingerprint density at radius 3 is 2.74 bits per heavy atom. The molecule has 4 bridgehead atoms. The van der Waals surface area contributed by atoms with Crippen molar-refractivity contribution in [3.8, 4) is 0 Å². The van der Waals surface area contributed by atoms with Crippen molar-refractivity contribution in [1.82, 2.24) is 10.5 Å². The molecule has 4 aliphatic carbocycles. The van der Waals surface area contributed by atoms with Gasteiger partial charge in [-0.25, -0.2) is 0 Å². The minimum Gasteiger partial charge on any atom is -0.390 e. The molecule has 2 heterocycles. The second-order valence-electron chi connectivity index (χ2n) is 9.97. The lowest BCUT2D eigenvalue weighted by atomic mass is 9.47. The van der Waals surface area contributed by atoms with Gasteiger partial charge in [0.05, 0.1) is 30.6 Å². The third-order valence-electron chi connectivity index (χ3n) is 7.37. The summed E-state index contributed by atoms with van der Waals surface area (Å²) in [6.07, 6.45) is 7.46. The summed E-state index contributed by atoms with van der Waals surface area (Å²) in [4.78, 5) is 12.9. The predicted octanol–water partition coefficient (Wildman–Crippen LogP) is 2.38. The molecule has 6 rings (SSSR count). The molecule has 1 amide bonds. The lowest BCUT2D eigenvalue weighted by Gasteiger charge is -2.60. The smallest absolute Gasteiger partial charge is 0.220 e. The molecule has 2 N–H and O–H groups in total. The van der Waals surface area contributed by atoms with Gasteiger partial charge in [-0.15, -0.1) is 0 Å². The molecule has 5 aliphatic rings. The van der Waals surface area contributed by atoms with Crippen LogP contribution in [0.25, 0.3) is 0 Å². The number of aromatic nitrogens is 1. The van der Waals surface area contributed by atoms with Crippen LogP contribution >= 0.6 is 0 Å². The van der Waals surface area contributed by atoms with Crippen molar-refractivity contribution >= 4 is 5.91 Å². The number of aryl methyl sites for hydroxylation is 1. The molecule has 1 aromatic rings. The molecule has 4 saturated carbocycles. The second kappa shape index (κ2) is 6.31. The van der Waals surface area contributed by atoms with Crippen LogP contribution < -0.4 is 5.32 Å². The van der Waals surface area contributed by atoms with E-state index < -0.39 is 5.60 Å². The monoisotopic (exact) mass is 374 g/mol. The predicted molar refractivity (Wildman–Crippen MR) is 97.9 cm³/mol. The highest BCUT2D eigenvalue weighted by Gasteiger charge is 2.57. The summed E-state index contributed by atoms with van der Waals surface area (Å²) in [5, 5.41) is 18.1. The van der Waals surface area contributed by atoms with Gasteiger partial charge in [0.25, 0.3) is 0 Å². The molecule has 1 aromatic heterocycles. The van der Waals surface area contributed by atoms with Crippen LogP contribution in [-0.2, 0) is 16.0 Å². The van der Waals surface area contributed by atoms with Crippen molar-refractivity contribution < 1.29 is 19.2 Å². The Labute approximate surface area is 160 Å². The van der Waals surface area contributed by atoms with Crippen LogP contribution in [0.2, 0.25) is 0 Å². The third-order valence-corrected chi connectivity index (χ3v) is 7.37. The number of nitrogens with one attached hydrogen (secondary N) is 1. The Morgan fingerprint density at radius 1 is 1.30 bits per heavy atom. The van der Waals surface area contributed by atoms with E-state index in [9.17, 15) is 9.90 Å². The fraction of sp³-hybridized carbons (Fsp3) is 0.810. The Morgan fingerprint density at radius 2 is 2.07 bits per heavy atom. The molecule has 6 heteroatoms.